The van der Waals surface area contributed by atoms with Crippen molar-refractivity contribution in [2.45, 2.75) is 12.3 Å². The normalized spacial score (nSPS) is 12.4. The standard InChI is InChI=1S/C11H10ClN3O/c1-7(12)11(16)15-8-2-3-9-10(6-8)14-5-4-13-9/h2-7H,1H3,(H,15,16). The second kappa shape index (κ2) is 4.45. The Bertz CT molecular complexity index is 527. The maximum atomic E-state index is 11.4. The first-order valence-corrected chi connectivity index (χ1v) is 5.26. The van der Waals surface area contributed by atoms with Crippen LogP contribution in [-0.4, -0.2) is 21.3 Å². The summed E-state index contributed by atoms with van der Waals surface area (Å²) in [6, 6.07) is 5.34. The van der Waals surface area contributed by atoms with E-state index in [1.165, 1.54) is 0 Å². The Labute approximate surface area is 97.7 Å². The summed E-state index contributed by atoms with van der Waals surface area (Å²) in [5.74, 6) is -0.232. The van der Waals surface area contributed by atoms with Crippen molar-refractivity contribution in [3.63, 3.8) is 0 Å². The average molecular weight is 236 g/mol. The summed E-state index contributed by atoms with van der Waals surface area (Å²) in [7, 11) is 0. The molecule has 1 heterocycles. The number of halogens is 1. The molecule has 0 fully saturated rings. The summed E-state index contributed by atoms with van der Waals surface area (Å²) < 4.78 is 0. The van der Waals surface area contributed by atoms with Crippen LogP contribution in [0.2, 0.25) is 0 Å². The number of benzene rings is 1. The highest BCUT2D eigenvalue weighted by atomic mass is 35.5. The number of amides is 1. The Kier molecular flexibility index (Phi) is 3.01. The van der Waals surface area contributed by atoms with Crippen LogP contribution >= 0.6 is 11.6 Å². The number of carbonyl (C=O) groups excluding carboxylic acids is 1. The monoisotopic (exact) mass is 235 g/mol. The van der Waals surface area contributed by atoms with Crippen LogP contribution in [0.4, 0.5) is 5.69 Å². The zero-order chi connectivity index (χ0) is 11.5. The number of aromatic nitrogens is 2. The van der Waals surface area contributed by atoms with Crippen LogP contribution in [0.15, 0.2) is 30.6 Å². The molecule has 0 bridgehead atoms. The van der Waals surface area contributed by atoms with E-state index in [1.54, 1.807) is 37.5 Å². The molecule has 1 amide bonds. The number of rotatable bonds is 2. The zero-order valence-electron chi connectivity index (χ0n) is 8.64. The van der Waals surface area contributed by atoms with E-state index in [0.29, 0.717) is 5.69 Å². The third kappa shape index (κ3) is 2.28. The Hall–Kier alpha value is -1.68. The van der Waals surface area contributed by atoms with Crippen LogP contribution in [0.25, 0.3) is 11.0 Å². The third-order valence-corrected chi connectivity index (χ3v) is 2.30. The van der Waals surface area contributed by atoms with Crippen molar-refractivity contribution >= 4 is 34.2 Å². The number of carbonyl (C=O) groups is 1. The maximum Gasteiger partial charge on any atom is 0.242 e. The summed E-state index contributed by atoms with van der Waals surface area (Å²) in [5.41, 5.74) is 2.20. The van der Waals surface area contributed by atoms with Gasteiger partial charge in [0.2, 0.25) is 5.91 Å². The molecule has 16 heavy (non-hydrogen) atoms. The lowest BCUT2D eigenvalue weighted by Gasteiger charge is -2.06. The molecule has 1 aromatic carbocycles. The fraction of sp³-hybridized carbons (Fsp3) is 0.182. The molecule has 2 aromatic rings. The van der Waals surface area contributed by atoms with E-state index in [1.807, 2.05) is 0 Å². The molecule has 0 radical (unpaired) electrons. The Morgan fingerprint density at radius 2 is 2.00 bits per heavy atom. The molecule has 0 saturated carbocycles. The lowest BCUT2D eigenvalue weighted by Crippen LogP contribution is -2.20. The molecule has 2 rings (SSSR count). The molecule has 0 aliphatic carbocycles. The largest absolute Gasteiger partial charge is 0.325 e. The highest BCUT2D eigenvalue weighted by Crippen LogP contribution is 2.15. The van der Waals surface area contributed by atoms with Crippen molar-refractivity contribution in [2.75, 3.05) is 5.32 Å². The van der Waals surface area contributed by atoms with Gasteiger partial charge in [0.1, 0.15) is 5.38 Å². The fourth-order valence-electron chi connectivity index (χ4n) is 1.28. The summed E-state index contributed by atoms with van der Waals surface area (Å²) in [5, 5.41) is 2.14. The average Bonchev–Trinajstić information content (AvgIpc) is 2.28. The van der Waals surface area contributed by atoms with Crippen LogP contribution < -0.4 is 5.32 Å². The molecule has 82 valence electrons. The molecular formula is C11H10ClN3O. The molecule has 0 saturated heterocycles. The summed E-state index contributed by atoms with van der Waals surface area (Å²) in [6.07, 6.45) is 3.24. The van der Waals surface area contributed by atoms with E-state index in [2.05, 4.69) is 15.3 Å². The fourth-order valence-corrected chi connectivity index (χ4v) is 1.34. The number of fused-ring (bicyclic) bond motifs is 1. The molecular weight excluding hydrogens is 226 g/mol. The Morgan fingerprint density at radius 3 is 2.69 bits per heavy atom. The number of hydrogen-bond acceptors (Lipinski definition) is 3. The molecule has 1 aromatic heterocycles. The minimum Gasteiger partial charge on any atom is -0.325 e. The van der Waals surface area contributed by atoms with E-state index in [4.69, 9.17) is 11.6 Å². The van der Waals surface area contributed by atoms with E-state index in [-0.39, 0.29) is 5.91 Å². The first-order chi connectivity index (χ1) is 7.66. The number of nitrogens with one attached hydrogen (secondary N) is 1. The van der Waals surface area contributed by atoms with Crippen LogP contribution in [0.1, 0.15) is 6.92 Å². The molecule has 0 aliphatic rings. The molecule has 5 heteroatoms. The third-order valence-electron chi connectivity index (χ3n) is 2.10. The first kappa shape index (κ1) is 10.8. The van der Waals surface area contributed by atoms with Gasteiger partial charge in [0.15, 0.2) is 0 Å². The summed E-state index contributed by atoms with van der Waals surface area (Å²) in [4.78, 5) is 19.7. The van der Waals surface area contributed by atoms with Crippen LogP contribution in [0.5, 0.6) is 0 Å². The Morgan fingerprint density at radius 1 is 1.31 bits per heavy atom. The minimum absolute atomic E-state index is 0.232. The van der Waals surface area contributed by atoms with Gasteiger partial charge < -0.3 is 5.32 Å². The quantitative estimate of drug-likeness (QED) is 0.812. The molecule has 1 N–H and O–H groups in total. The highest BCUT2D eigenvalue weighted by molar-refractivity contribution is 6.32. The van der Waals surface area contributed by atoms with Gasteiger partial charge in [-0.2, -0.15) is 0 Å². The number of hydrogen-bond donors (Lipinski definition) is 1. The van der Waals surface area contributed by atoms with Gasteiger partial charge in [-0.15, -0.1) is 11.6 Å². The van der Waals surface area contributed by atoms with Crippen LogP contribution in [-0.2, 0) is 4.79 Å². The lowest BCUT2D eigenvalue weighted by atomic mass is 10.2. The minimum atomic E-state index is -0.558. The van der Waals surface area contributed by atoms with Gasteiger partial charge in [-0.3, -0.25) is 14.8 Å². The molecule has 1 unspecified atom stereocenters. The van der Waals surface area contributed by atoms with Gasteiger partial charge in [-0.25, -0.2) is 0 Å². The second-order valence-corrected chi connectivity index (χ2v) is 4.02. The molecule has 0 aliphatic heterocycles. The van der Waals surface area contributed by atoms with Crippen molar-refractivity contribution < 1.29 is 4.79 Å². The van der Waals surface area contributed by atoms with Crippen LogP contribution in [0.3, 0.4) is 0 Å². The first-order valence-electron chi connectivity index (χ1n) is 4.82. The predicted molar refractivity (Wildman–Crippen MR) is 63.5 cm³/mol. The van der Waals surface area contributed by atoms with Gasteiger partial charge in [0, 0.05) is 18.1 Å². The molecule has 0 spiro atoms. The topological polar surface area (TPSA) is 54.9 Å². The van der Waals surface area contributed by atoms with Crippen LogP contribution in [0, 0.1) is 0 Å². The van der Waals surface area contributed by atoms with Gasteiger partial charge >= 0.3 is 0 Å². The SMILES string of the molecule is CC(Cl)C(=O)Nc1ccc2nccnc2c1. The predicted octanol–water partition coefficient (Wildman–Crippen LogP) is 2.20. The zero-order valence-corrected chi connectivity index (χ0v) is 9.40. The Balaban J connectivity index is 2.29. The van der Waals surface area contributed by atoms with Crippen molar-refractivity contribution in [2.24, 2.45) is 0 Å². The lowest BCUT2D eigenvalue weighted by molar-refractivity contribution is -0.115. The summed E-state index contributed by atoms with van der Waals surface area (Å²) >= 11 is 5.66. The summed E-state index contributed by atoms with van der Waals surface area (Å²) in [6.45, 7) is 1.62. The van der Waals surface area contributed by atoms with E-state index in [0.717, 1.165) is 11.0 Å². The highest BCUT2D eigenvalue weighted by Gasteiger charge is 2.09. The van der Waals surface area contributed by atoms with Crippen molar-refractivity contribution in [3.8, 4) is 0 Å². The van der Waals surface area contributed by atoms with Gasteiger partial charge in [0.25, 0.3) is 0 Å². The van der Waals surface area contributed by atoms with Gasteiger partial charge in [-0.05, 0) is 25.1 Å². The second-order valence-electron chi connectivity index (χ2n) is 3.37. The van der Waals surface area contributed by atoms with Crippen molar-refractivity contribution in [1.29, 1.82) is 0 Å². The van der Waals surface area contributed by atoms with E-state index in [9.17, 15) is 4.79 Å². The molecule has 1 atom stereocenters. The van der Waals surface area contributed by atoms with Gasteiger partial charge in [0.05, 0.1) is 11.0 Å². The van der Waals surface area contributed by atoms with Crippen molar-refractivity contribution in [3.05, 3.63) is 30.6 Å². The number of alkyl halides is 1. The van der Waals surface area contributed by atoms with E-state index >= 15 is 0 Å². The van der Waals surface area contributed by atoms with E-state index < -0.39 is 5.38 Å². The number of nitrogens with zero attached hydrogens (tertiary/aromatic N) is 2. The van der Waals surface area contributed by atoms with Crippen molar-refractivity contribution in [1.82, 2.24) is 9.97 Å². The maximum absolute atomic E-state index is 11.4. The smallest absolute Gasteiger partial charge is 0.242 e. The number of anilines is 1. The van der Waals surface area contributed by atoms with Gasteiger partial charge in [-0.1, -0.05) is 0 Å². The molecule has 4 nitrogen and oxygen atoms in total.